The van der Waals surface area contributed by atoms with E-state index in [4.69, 9.17) is 25.2 Å². The van der Waals surface area contributed by atoms with Crippen LogP contribution in [0.15, 0.2) is 18.2 Å². The molecule has 2 aliphatic heterocycles. The summed E-state index contributed by atoms with van der Waals surface area (Å²) in [5, 5.41) is 23.2. The van der Waals surface area contributed by atoms with Crippen molar-refractivity contribution in [1.82, 2.24) is 25.3 Å². The van der Waals surface area contributed by atoms with Gasteiger partial charge in [0, 0.05) is 69.7 Å². The van der Waals surface area contributed by atoms with Gasteiger partial charge in [0.25, 0.3) is 5.91 Å². The quantitative estimate of drug-likeness (QED) is 0.0939. The van der Waals surface area contributed by atoms with E-state index < -0.39 is 23.8 Å². The summed E-state index contributed by atoms with van der Waals surface area (Å²) in [5.41, 5.74) is 16.2. The van der Waals surface area contributed by atoms with Crippen molar-refractivity contribution in [3.05, 3.63) is 68.8 Å². The second-order valence-electron chi connectivity index (χ2n) is 13.9. The highest BCUT2D eigenvalue weighted by molar-refractivity contribution is 6.27. The lowest BCUT2D eigenvalue weighted by Crippen LogP contribution is -2.31. The van der Waals surface area contributed by atoms with Crippen LogP contribution < -0.4 is 11.1 Å². The molecule has 13 heteroatoms. The smallest absolute Gasteiger partial charge is 0.310 e. The van der Waals surface area contributed by atoms with Crippen LogP contribution in [0.5, 0.6) is 0 Å². The number of aliphatic carboxylic acids is 1. The number of allylic oxidation sites excluding steroid dienone is 1. The number of esters is 1. The monoisotopic (exact) mass is 728 g/mol. The van der Waals surface area contributed by atoms with Crippen LogP contribution in [0.25, 0.3) is 33.2 Å². The lowest BCUT2D eigenvalue weighted by Gasteiger charge is -2.18. The van der Waals surface area contributed by atoms with Crippen LogP contribution in [-0.4, -0.2) is 80.9 Å². The number of aryl methyl sites for hydroxylation is 3. The summed E-state index contributed by atoms with van der Waals surface area (Å²) < 4.78 is 10.8. The van der Waals surface area contributed by atoms with E-state index in [1.165, 1.54) is 7.11 Å². The first kappa shape index (κ1) is 39.4. The number of ether oxygens (including phenoxy) is 2. The molecule has 2 aliphatic rings. The Hall–Kier alpha value is -4.85. The molecule has 3 aromatic rings. The van der Waals surface area contributed by atoms with Crippen molar-refractivity contribution in [2.75, 3.05) is 26.9 Å². The minimum absolute atomic E-state index is 0.0954. The molecule has 0 saturated carbocycles. The van der Waals surface area contributed by atoms with Gasteiger partial charge in [0.15, 0.2) is 0 Å². The standard InChI is InChI=1S/C40H52N6O7/c1-8-24(41)19-53-13-12-42-40(51)37-23(6)32-17-33-25(9-2)20(3)30(43-33)16-34-28(18-47)22(5)29(44-34)15-31-21(4)26(10-11-35(48)49)38(45-31)27(39(37)46-32)14-36(50)52-7/h15-17,21,24,26,43-44,47H,8-14,18-19,41H2,1-7H3,(H,42,51)(H,48,49). The number of aliphatic hydroxyl groups is 1. The van der Waals surface area contributed by atoms with E-state index >= 15 is 0 Å². The number of amides is 1. The van der Waals surface area contributed by atoms with Crippen LogP contribution in [0.1, 0.15) is 109 Å². The Kier molecular flexibility index (Phi) is 12.5. The molecule has 5 heterocycles. The first-order valence-electron chi connectivity index (χ1n) is 18.3. The molecule has 0 fully saturated rings. The lowest BCUT2D eigenvalue weighted by molar-refractivity contribution is -0.140. The van der Waals surface area contributed by atoms with Gasteiger partial charge in [-0.3, -0.25) is 19.4 Å². The Labute approximate surface area is 309 Å². The van der Waals surface area contributed by atoms with Crippen molar-refractivity contribution in [2.24, 2.45) is 5.73 Å². The van der Waals surface area contributed by atoms with Gasteiger partial charge in [-0.25, -0.2) is 4.98 Å². The van der Waals surface area contributed by atoms with Crippen molar-refractivity contribution in [1.29, 1.82) is 0 Å². The lowest BCUT2D eigenvalue weighted by atomic mass is 9.84. The number of carbonyl (C=O) groups is 3. The highest BCUT2D eigenvalue weighted by Gasteiger charge is 2.35. The maximum Gasteiger partial charge on any atom is 0.310 e. The first-order valence-corrected chi connectivity index (χ1v) is 18.3. The molecule has 53 heavy (non-hydrogen) atoms. The molecule has 0 aliphatic carbocycles. The molecular formula is C40H52N6O7. The van der Waals surface area contributed by atoms with E-state index in [9.17, 15) is 24.6 Å². The molecule has 8 bridgehead atoms. The van der Waals surface area contributed by atoms with Crippen LogP contribution in [0.3, 0.4) is 0 Å². The minimum atomic E-state index is -0.955. The Morgan fingerprint density at radius 1 is 0.981 bits per heavy atom. The molecule has 7 N–H and O–H groups in total. The zero-order valence-electron chi connectivity index (χ0n) is 31.7. The highest BCUT2D eigenvalue weighted by atomic mass is 16.5. The summed E-state index contributed by atoms with van der Waals surface area (Å²) in [6.07, 6.45) is 1.36. The van der Waals surface area contributed by atoms with E-state index in [1.54, 1.807) is 0 Å². The topological polar surface area (TPSA) is 206 Å². The third-order valence-electron chi connectivity index (χ3n) is 10.6. The van der Waals surface area contributed by atoms with Gasteiger partial charge in [0.2, 0.25) is 0 Å². The van der Waals surface area contributed by atoms with Crippen molar-refractivity contribution in [2.45, 2.75) is 98.1 Å². The predicted molar refractivity (Wildman–Crippen MR) is 204 cm³/mol. The highest BCUT2D eigenvalue weighted by Crippen LogP contribution is 2.43. The second kappa shape index (κ2) is 16.9. The zero-order valence-corrected chi connectivity index (χ0v) is 31.7. The summed E-state index contributed by atoms with van der Waals surface area (Å²) in [4.78, 5) is 56.5. The average molecular weight is 729 g/mol. The van der Waals surface area contributed by atoms with E-state index in [1.807, 2.05) is 52.8 Å². The number of carbonyl (C=O) groups excluding carboxylic acids is 2. The fourth-order valence-corrected chi connectivity index (χ4v) is 7.26. The number of H-pyrrole nitrogens is 2. The molecule has 3 aromatic heterocycles. The van der Waals surface area contributed by atoms with Crippen molar-refractivity contribution in [3.63, 3.8) is 0 Å². The van der Waals surface area contributed by atoms with Crippen LogP contribution in [-0.2, 0) is 43.3 Å². The molecule has 0 radical (unpaired) electrons. The number of fused-ring (bicyclic) bond motifs is 8. The molecular weight excluding hydrogens is 676 g/mol. The number of nitrogens with one attached hydrogen (secondary N) is 3. The summed E-state index contributed by atoms with van der Waals surface area (Å²) in [5.74, 6) is -2.57. The predicted octanol–water partition coefficient (Wildman–Crippen LogP) is 5.25. The number of aromatic amines is 2. The molecule has 0 spiro atoms. The number of methoxy groups -OCH3 is 1. The van der Waals surface area contributed by atoms with E-state index in [2.05, 4.69) is 22.2 Å². The largest absolute Gasteiger partial charge is 0.481 e. The number of aromatic nitrogens is 4. The molecule has 5 rings (SSSR count). The van der Waals surface area contributed by atoms with Gasteiger partial charge < -0.3 is 40.7 Å². The Bertz CT molecular complexity index is 2100. The van der Waals surface area contributed by atoms with Crippen LogP contribution >= 0.6 is 0 Å². The number of carboxylic acid groups (broad SMARTS) is 1. The summed E-state index contributed by atoms with van der Waals surface area (Å²) >= 11 is 0. The van der Waals surface area contributed by atoms with Gasteiger partial charge in [0.1, 0.15) is 0 Å². The number of aliphatic hydroxyl groups excluding tert-OH is 1. The maximum atomic E-state index is 14.2. The number of nitrogens with zero attached hydrogens (tertiary/aromatic N) is 2. The van der Waals surface area contributed by atoms with E-state index in [-0.39, 0.29) is 51.0 Å². The number of hydrogen-bond acceptors (Lipinski definition) is 9. The third kappa shape index (κ3) is 8.22. The fourth-order valence-electron chi connectivity index (χ4n) is 7.26. The number of nitrogens with two attached hydrogens (primary N) is 1. The SMILES string of the molecule is CCc1c(C)c2cc3[nH]c(cc4nc(c(CC(=O)OC)c5nc(cc1[nH]2)C(C)=C5C(=O)NCCOCC(N)CC)C(CCC(=O)O)C4C)c(C)c3CO. The third-order valence-corrected chi connectivity index (χ3v) is 10.6. The minimum Gasteiger partial charge on any atom is -0.481 e. The van der Waals surface area contributed by atoms with Gasteiger partial charge in [0.05, 0.1) is 56.0 Å². The van der Waals surface area contributed by atoms with E-state index in [0.29, 0.717) is 46.1 Å². The molecule has 13 nitrogen and oxygen atoms in total. The van der Waals surface area contributed by atoms with Crippen molar-refractivity contribution in [3.8, 4) is 0 Å². The molecule has 0 aromatic carbocycles. The van der Waals surface area contributed by atoms with Crippen LogP contribution in [0, 0.1) is 13.8 Å². The first-order chi connectivity index (χ1) is 25.3. The summed E-state index contributed by atoms with van der Waals surface area (Å²) in [6.45, 7) is 12.5. The molecule has 3 atom stereocenters. The second-order valence-corrected chi connectivity index (χ2v) is 13.9. The van der Waals surface area contributed by atoms with Gasteiger partial charge in [-0.1, -0.05) is 20.8 Å². The van der Waals surface area contributed by atoms with Gasteiger partial charge in [-0.05, 0) is 80.5 Å². The molecule has 1 amide bonds. The molecule has 0 saturated heterocycles. The van der Waals surface area contributed by atoms with Crippen molar-refractivity contribution < 1.29 is 34.1 Å². The number of hydrogen-bond donors (Lipinski definition) is 6. The zero-order chi connectivity index (χ0) is 38.6. The van der Waals surface area contributed by atoms with Gasteiger partial charge in [-0.15, -0.1) is 0 Å². The number of rotatable bonds is 14. The Morgan fingerprint density at radius 2 is 1.66 bits per heavy atom. The van der Waals surface area contributed by atoms with Crippen LogP contribution in [0.4, 0.5) is 0 Å². The molecule has 284 valence electrons. The Balaban J connectivity index is 1.87. The van der Waals surface area contributed by atoms with Crippen LogP contribution in [0.2, 0.25) is 0 Å². The van der Waals surface area contributed by atoms with Gasteiger partial charge in [-0.2, -0.15) is 0 Å². The maximum absolute atomic E-state index is 14.2. The summed E-state index contributed by atoms with van der Waals surface area (Å²) in [6, 6.07) is 5.74. The fraction of sp³-hybridized carbons (Fsp3) is 0.475. The average Bonchev–Trinajstić information content (AvgIpc) is 3.81. The Morgan fingerprint density at radius 3 is 2.30 bits per heavy atom. The molecule has 3 unspecified atom stereocenters. The van der Waals surface area contributed by atoms with Gasteiger partial charge >= 0.3 is 11.9 Å². The number of carboxylic acids is 1. The normalized spacial score (nSPS) is 16.2. The van der Waals surface area contributed by atoms with E-state index in [0.717, 1.165) is 57.2 Å². The summed E-state index contributed by atoms with van der Waals surface area (Å²) in [7, 11) is 1.30. The van der Waals surface area contributed by atoms with Crippen molar-refractivity contribution >= 4 is 51.1 Å².